The molecule has 14 heteroatoms. The van der Waals surface area contributed by atoms with Gasteiger partial charge in [0.2, 0.25) is 11.8 Å². The second-order valence-corrected chi connectivity index (χ2v) is 9.98. The van der Waals surface area contributed by atoms with Crippen molar-refractivity contribution in [2.24, 2.45) is 0 Å². The van der Waals surface area contributed by atoms with Crippen LogP contribution in [-0.2, 0) is 22.7 Å². The van der Waals surface area contributed by atoms with E-state index in [9.17, 15) is 26.4 Å². The second kappa shape index (κ2) is 9.62. The molecule has 5 rings (SSSR count). The highest BCUT2D eigenvalue weighted by molar-refractivity contribution is 7.94. The number of methoxy groups -OCH3 is 2. The van der Waals surface area contributed by atoms with E-state index in [4.69, 9.17) is 13.9 Å². The van der Waals surface area contributed by atoms with Gasteiger partial charge in [0, 0.05) is 11.6 Å². The van der Waals surface area contributed by atoms with E-state index < -0.39 is 27.8 Å². The monoisotopic (exact) mass is 560 g/mol. The fraction of sp³-hybridized carbons (Fsp3) is 0.160. The molecule has 1 aliphatic heterocycles. The molecule has 0 atom stereocenters. The zero-order valence-electron chi connectivity index (χ0n) is 20.3. The van der Waals surface area contributed by atoms with Crippen LogP contribution in [0, 0.1) is 0 Å². The normalized spacial score (nSPS) is 14.7. The molecule has 0 N–H and O–H groups in total. The zero-order valence-corrected chi connectivity index (χ0v) is 21.2. The molecule has 10 nitrogen and oxygen atoms in total. The van der Waals surface area contributed by atoms with Crippen molar-refractivity contribution in [3.8, 4) is 23.0 Å². The molecule has 0 saturated carbocycles. The Balaban J connectivity index is 1.51. The van der Waals surface area contributed by atoms with Gasteiger partial charge >= 0.3 is 12.2 Å². The molecule has 39 heavy (non-hydrogen) atoms. The number of hydrogen-bond acceptors (Lipinski definition) is 8. The number of rotatable bonds is 6. The lowest BCUT2D eigenvalue weighted by molar-refractivity contribution is -0.137. The third-order valence-electron chi connectivity index (χ3n) is 5.90. The molecule has 3 aromatic carbocycles. The van der Waals surface area contributed by atoms with Crippen LogP contribution < -0.4 is 18.7 Å². The lowest BCUT2D eigenvalue weighted by Crippen LogP contribution is -2.50. The predicted molar refractivity (Wildman–Crippen MR) is 132 cm³/mol. The summed E-state index contributed by atoms with van der Waals surface area (Å²) in [6.07, 6.45) is -4.50. The molecule has 0 saturated heterocycles. The summed E-state index contributed by atoms with van der Waals surface area (Å²) in [5.74, 6) is 0.406. The van der Waals surface area contributed by atoms with Crippen molar-refractivity contribution in [3.63, 3.8) is 0 Å². The minimum Gasteiger partial charge on any atom is -0.493 e. The van der Waals surface area contributed by atoms with Crippen molar-refractivity contribution < 1.29 is 40.3 Å². The van der Waals surface area contributed by atoms with E-state index in [2.05, 4.69) is 10.2 Å². The number of hydrogen-bond donors (Lipinski definition) is 0. The minimum absolute atomic E-state index is 0.00752. The molecular weight excluding hydrogens is 541 g/mol. The molecule has 202 valence electrons. The predicted octanol–water partition coefficient (Wildman–Crippen LogP) is 5.11. The Morgan fingerprint density at radius 1 is 0.923 bits per heavy atom. The van der Waals surface area contributed by atoms with Gasteiger partial charge in [-0.25, -0.2) is 13.2 Å². The molecule has 0 bridgehead atoms. The summed E-state index contributed by atoms with van der Waals surface area (Å²) in [4.78, 5) is 14.7. The highest BCUT2D eigenvalue weighted by Crippen LogP contribution is 2.40. The van der Waals surface area contributed by atoms with Crippen LogP contribution in [0.3, 0.4) is 0 Å². The summed E-state index contributed by atoms with van der Waals surface area (Å²) >= 11 is 0. The molecule has 2 heterocycles. The number of urea groups is 1. The first-order chi connectivity index (χ1) is 18.5. The van der Waals surface area contributed by atoms with Gasteiger partial charge < -0.3 is 13.9 Å². The van der Waals surface area contributed by atoms with Crippen LogP contribution in [0.25, 0.3) is 11.5 Å². The summed E-state index contributed by atoms with van der Waals surface area (Å²) in [7, 11) is -1.53. The highest BCUT2D eigenvalue weighted by atomic mass is 32.2. The van der Waals surface area contributed by atoms with Crippen molar-refractivity contribution in [2.45, 2.75) is 17.6 Å². The van der Waals surface area contributed by atoms with Crippen LogP contribution in [0.15, 0.2) is 76.0 Å². The van der Waals surface area contributed by atoms with Crippen LogP contribution >= 0.6 is 0 Å². The molecule has 0 unspecified atom stereocenters. The number of carbonyl (C=O) groups excluding carboxylic acids is 1. The Kier molecular flexibility index (Phi) is 6.42. The van der Waals surface area contributed by atoms with Gasteiger partial charge in [0.05, 0.1) is 31.2 Å². The van der Waals surface area contributed by atoms with E-state index in [1.165, 1.54) is 62.8 Å². The van der Waals surface area contributed by atoms with Gasteiger partial charge in [0.15, 0.2) is 11.5 Å². The van der Waals surface area contributed by atoms with Gasteiger partial charge in [-0.3, -0.25) is 4.90 Å². The largest absolute Gasteiger partial charge is 0.493 e. The third-order valence-corrected chi connectivity index (χ3v) is 7.65. The number of aromatic nitrogens is 2. The Bertz CT molecular complexity index is 1660. The average Bonchev–Trinajstić information content (AvgIpc) is 3.39. The van der Waals surface area contributed by atoms with Crippen molar-refractivity contribution in [1.29, 1.82) is 0 Å². The highest BCUT2D eigenvalue weighted by Gasteiger charge is 2.43. The molecule has 4 aromatic rings. The number of nitrogens with zero attached hydrogens (tertiary/aromatic N) is 4. The number of sulfonamides is 1. The van der Waals surface area contributed by atoms with Crippen molar-refractivity contribution >= 4 is 27.4 Å². The van der Waals surface area contributed by atoms with Gasteiger partial charge in [0.25, 0.3) is 10.0 Å². The Morgan fingerprint density at radius 3 is 2.28 bits per heavy atom. The minimum atomic E-state index is -4.50. The van der Waals surface area contributed by atoms with Gasteiger partial charge in [-0.1, -0.05) is 12.1 Å². The number of anilines is 2. The van der Waals surface area contributed by atoms with Crippen LogP contribution in [0.5, 0.6) is 11.5 Å². The zero-order chi connectivity index (χ0) is 27.9. The smallest absolute Gasteiger partial charge is 0.416 e. The Morgan fingerprint density at radius 2 is 1.62 bits per heavy atom. The first kappa shape index (κ1) is 26.0. The molecule has 2 amide bonds. The molecule has 0 fully saturated rings. The maximum atomic E-state index is 13.7. The SMILES string of the molecule is COc1ccc(N2C(=O)N(Cc3nnc(-c4ccc(C(F)(F)F)cc4)o3)c3ccccc3S2(=O)=O)cc1OC. The number of ether oxygens (including phenoxy) is 2. The van der Waals surface area contributed by atoms with Gasteiger partial charge in [-0.05, 0) is 48.5 Å². The van der Waals surface area contributed by atoms with Gasteiger partial charge in [0.1, 0.15) is 11.4 Å². The summed E-state index contributed by atoms with van der Waals surface area (Å²) in [6, 6.07) is 13.4. The maximum Gasteiger partial charge on any atom is 0.416 e. The number of alkyl halides is 3. The number of amides is 2. The van der Waals surface area contributed by atoms with Crippen LogP contribution in [0.2, 0.25) is 0 Å². The van der Waals surface area contributed by atoms with Crippen molar-refractivity contribution in [2.75, 3.05) is 23.4 Å². The maximum absolute atomic E-state index is 13.7. The lowest BCUT2D eigenvalue weighted by atomic mass is 10.1. The Labute approximate surface area is 220 Å². The fourth-order valence-electron chi connectivity index (χ4n) is 4.04. The van der Waals surface area contributed by atoms with Gasteiger partial charge in [-0.15, -0.1) is 10.2 Å². The number of carbonyl (C=O) groups is 1. The topological polar surface area (TPSA) is 115 Å². The van der Waals surface area contributed by atoms with E-state index in [-0.39, 0.29) is 45.9 Å². The van der Waals surface area contributed by atoms with Crippen LogP contribution in [0.4, 0.5) is 29.3 Å². The molecular formula is C25H19F3N4O6S. The van der Waals surface area contributed by atoms with E-state index in [1.54, 1.807) is 6.07 Å². The first-order valence-corrected chi connectivity index (χ1v) is 12.7. The molecule has 0 radical (unpaired) electrons. The second-order valence-electron chi connectivity index (χ2n) is 8.22. The van der Waals surface area contributed by atoms with E-state index in [0.29, 0.717) is 10.1 Å². The molecule has 0 aliphatic carbocycles. The number of para-hydroxylation sites is 1. The Hall–Kier alpha value is -4.59. The van der Waals surface area contributed by atoms with Crippen molar-refractivity contribution in [1.82, 2.24) is 10.2 Å². The number of halogens is 3. The molecule has 1 aromatic heterocycles. The number of benzene rings is 3. The molecule has 0 spiro atoms. The summed E-state index contributed by atoms with van der Waals surface area (Å²) < 4.78 is 82.4. The third kappa shape index (κ3) is 4.63. The van der Waals surface area contributed by atoms with E-state index in [1.807, 2.05) is 0 Å². The number of fused-ring (bicyclic) bond motifs is 1. The van der Waals surface area contributed by atoms with Gasteiger partial charge in [-0.2, -0.15) is 17.5 Å². The van der Waals surface area contributed by atoms with Crippen LogP contribution in [-0.4, -0.2) is 38.9 Å². The van der Waals surface area contributed by atoms with E-state index in [0.717, 1.165) is 17.0 Å². The molecule has 1 aliphatic rings. The fourth-order valence-corrected chi connectivity index (χ4v) is 5.62. The summed E-state index contributed by atoms with van der Waals surface area (Å²) in [5.41, 5.74) is -0.499. The summed E-state index contributed by atoms with van der Waals surface area (Å²) in [5, 5.41) is 7.79. The average molecular weight is 561 g/mol. The van der Waals surface area contributed by atoms with Crippen LogP contribution in [0.1, 0.15) is 11.5 Å². The lowest BCUT2D eigenvalue weighted by Gasteiger charge is -2.35. The first-order valence-electron chi connectivity index (χ1n) is 11.2. The summed E-state index contributed by atoms with van der Waals surface area (Å²) in [6.45, 7) is -0.317. The quantitative estimate of drug-likeness (QED) is 0.320. The standard InChI is InChI=1S/C25H19F3N4O6S/c1-36-19-12-11-17(13-20(19)37-2)32-24(33)31(18-5-3-4-6-21(18)39(32,34)35)14-22-29-30-23(38-22)15-7-9-16(10-8-15)25(26,27)28/h3-13H,14H2,1-2H3. The van der Waals surface area contributed by atoms with E-state index >= 15 is 0 Å². The van der Waals surface area contributed by atoms with Crippen molar-refractivity contribution in [3.05, 3.63) is 78.2 Å².